The Morgan fingerprint density at radius 1 is 1.39 bits per heavy atom. The molecule has 0 aromatic carbocycles. The second-order valence-electron chi connectivity index (χ2n) is 5.14. The van der Waals surface area contributed by atoms with Crippen LogP contribution in [0.3, 0.4) is 0 Å². The molecule has 1 unspecified atom stereocenters. The lowest BCUT2D eigenvalue weighted by atomic mass is 10.2. The molecule has 2 heterocycles. The molecule has 1 atom stereocenters. The Morgan fingerprint density at radius 2 is 2.17 bits per heavy atom. The molecule has 0 aliphatic carbocycles. The van der Waals surface area contributed by atoms with Crippen LogP contribution in [-0.4, -0.2) is 46.2 Å². The molecular formula is C14H17N3O6. The second-order valence-corrected chi connectivity index (χ2v) is 5.14. The van der Waals surface area contributed by atoms with Crippen LogP contribution in [0.25, 0.3) is 11.6 Å². The van der Waals surface area contributed by atoms with Crippen LogP contribution in [0.5, 0.6) is 0 Å². The van der Waals surface area contributed by atoms with Gasteiger partial charge < -0.3 is 24.0 Å². The van der Waals surface area contributed by atoms with Crippen LogP contribution in [0.15, 0.2) is 27.8 Å². The van der Waals surface area contributed by atoms with Gasteiger partial charge in [-0.3, -0.25) is 4.79 Å². The Kier molecular flexibility index (Phi) is 5.47. The maximum Gasteiger partial charge on any atom is 0.331 e. The van der Waals surface area contributed by atoms with Crippen molar-refractivity contribution in [1.29, 1.82) is 0 Å². The number of rotatable bonds is 7. The topological polar surface area (TPSA) is 128 Å². The van der Waals surface area contributed by atoms with Crippen LogP contribution >= 0.6 is 0 Å². The summed E-state index contributed by atoms with van der Waals surface area (Å²) in [6.45, 7) is 3.36. The highest BCUT2D eigenvalue weighted by molar-refractivity contribution is 5.95. The van der Waals surface area contributed by atoms with E-state index in [2.05, 4.69) is 15.3 Å². The van der Waals surface area contributed by atoms with E-state index in [1.54, 1.807) is 0 Å². The van der Waals surface area contributed by atoms with Crippen molar-refractivity contribution in [3.8, 4) is 11.6 Å². The number of ether oxygens (including phenoxy) is 1. The minimum Gasteiger partial charge on any atom is -0.464 e. The first-order valence-corrected chi connectivity index (χ1v) is 6.93. The summed E-state index contributed by atoms with van der Waals surface area (Å²) < 4.78 is 14.9. The van der Waals surface area contributed by atoms with E-state index in [9.17, 15) is 14.7 Å². The van der Waals surface area contributed by atoms with Crippen molar-refractivity contribution < 1.29 is 28.3 Å². The van der Waals surface area contributed by atoms with Crippen molar-refractivity contribution in [1.82, 2.24) is 15.3 Å². The molecule has 2 aromatic rings. The fourth-order valence-corrected chi connectivity index (χ4v) is 1.57. The van der Waals surface area contributed by atoms with E-state index in [0.29, 0.717) is 5.69 Å². The van der Waals surface area contributed by atoms with Crippen molar-refractivity contribution in [3.05, 3.63) is 24.6 Å². The maximum absolute atomic E-state index is 12.0. The highest BCUT2D eigenvalue weighted by atomic mass is 16.5. The number of nitrogens with zero attached hydrogens (tertiary/aromatic N) is 2. The molecule has 2 N–H and O–H groups in total. The summed E-state index contributed by atoms with van der Waals surface area (Å²) >= 11 is 0. The van der Waals surface area contributed by atoms with Crippen molar-refractivity contribution in [3.63, 3.8) is 0 Å². The molecule has 9 nitrogen and oxygen atoms in total. The Bertz CT molecular complexity index is 649. The molecule has 0 saturated heterocycles. The summed E-state index contributed by atoms with van der Waals surface area (Å²) in [4.78, 5) is 31.6. The molecule has 0 bridgehead atoms. The monoisotopic (exact) mass is 323 g/mol. The predicted molar refractivity (Wildman–Crippen MR) is 76.1 cm³/mol. The number of carbonyl (C=O) groups excluding carboxylic acids is 2. The number of hydrogen-bond acceptors (Lipinski definition) is 8. The molecule has 2 rings (SSSR count). The molecule has 23 heavy (non-hydrogen) atoms. The van der Waals surface area contributed by atoms with E-state index in [4.69, 9.17) is 13.6 Å². The Morgan fingerprint density at radius 3 is 2.78 bits per heavy atom. The van der Waals surface area contributed by atoms with Gasteiger partial charge in [-0.2, -0.15) is 0 Å². The van der Waals surface area contributed by atoms with Crippen LogP contribution < -0.4 is 5.32 Å². The summed E-state index contributed by atoms with van der Waals surface area (Å²) in [5.74, 6) is -1.14. The minimum atomic E-state index is -1.17. The number of aromatic nitrogens is 2. The Hall–Kier alpha value is -2.68. The fourth-order valence-electron chi connectivity index (χ4n) is 1.57. The fraction of sp³-hybridized carbons (Fsp3) is 0.429. The lowest BCUT2D eigenvalue weighted by Gasteiger charge is -2.15. The van der Waals surface area contributed by atoms with Crippen LogP contribution in [0.2, 0.25) is 0 Å². The van der Waals surface area contributed by atoms with E-state index in [-0.39, 0.29) is 24.1 Å². The quantitative estimate of drug-likeness (QED) is 0.710. The zero-order valence-corrected chi connectivity index (χ0v) is 12.7. The van der Waals surface area contributed by atoms with E-state index in [1.165, 1.54) is 12.7 Å². The number of amides is 1. The summed E-state index contributed by atoms with van der Waals surface area (Å²) in [6.07, 6.45) is 3.63. The Labute approximate surface area is 131 Å². The smallest absolute Gasteiger partial charge is 0.331 e. The zero-order valence-electron chi connectivity index (χ0n) is 12.7. The molecule has 0 spiro atoms. The van der Waals surface area contributed by atoms with Gasteiger partial charge in [0, 0.05) is 0 Å². The van der Waals surface area contributed by atoms with E-state index < -0.39 is 24.5 Å². The van der Waals surface area contributed by atoms with Gasteiger partial charge in [0.25, 0.3) is 5.91 Å². The molecular weight excluding hydrogens is 306 g/mol. The number of nitrogens with one attached hydrogen (secondary N) is 1. The van der Waals surface area contributed by atoms with E-state index in [0.717, 1.165) is 6.26 Å². The molecule has 9 heteroatoms. The largest absolute Gasteiger partial charge is 0.464 e. The van der Waals surface area contributed by atoms with E-state index in [1.807, 2.05) is 13.8 Å². The molecule has 0 aliphatic heterocycles. The number of aliphatic hydroxyl groups excluding tert-OH is 1. The third kappa shape index (κ3) is 4.39. The van der Waals surface area contributed by atoms with Gasteiger partial charge in [-0.25, -0.2) is 14.8 Å². The molecule has 0 radical (unpaired) electrons. The van der Waals surface area contributed by atoms with Crippen molar-refractivity contribution in [2.24, 2.45) is 5.92 Å². The van der Waals surface area contributed by atoms with Crippen molar-refractivity contribution in [2.75, 3.05) is 13.2 Å². The number of carbonyl (C=O) groups is 2. The van der Waals surface area contributed by atoms with Gasteiger partial charge in [0.2, 0.25) is 5.89 Å². The van der Waals surface area contributed by atoms with Gasteiger partial charge in [0.1, 0.15) is 12.5 Å². The number of oxazole rings is 2. The first-order valence-electron chi connectivity index (χ1n) is 6.93. The average molecular weight is 323 g/mol. The van der Waals surface area contributed by atoms with Gasteiger partial charge in [-0.05, 0) is 5.92 Å². The normalized spacial score (nSPS) is 12.2. The average Bonchev–Trinajstić information content (AvgIpc) is 3.19. The van der Waals surface area contributed by atoms with Gasteiger partial charge in [-0.15, -0.1) is 0 Å². The summed E-state index contributed by atoms with van der Waals surface area (Å²) in [5.41, 5.74) is 0.275. The predicted octanol–water partition coefficient (Wildman–Crippen LogP) is 0.620. The number of aliphatic hydroxyl groups is 1. The van der Waals surface area contributed by atoms with E-state index >= 15 is 0 Å². The lowest BCUT2D eigenvalue weighted by Crippen LogP contribution is -2.44. The van der Waals surface area contributed by atoms with Gasteiger partial charge in [-0.1, -0.05) is 13.8 Å². The standard InChI is InChI=1S/C14H17N3O6/c1-8(2)4-23-14(20)9(3-18)16-12(19)10-6-22-13(17-10)11-5-21-7-15-11/h5-9,18H,3-4H2,1-2H3,(H,16,19). The maximum atomic E-state index is 12.0. The number of hydrogen-bond donors (Lipinski definition) is 2. The van der Waals surface area contributed by atoms with Crippen molar-refractivity contribution >= 4 is 11.9 Å². The van der Waals surface area contributed by atoms with Crippen LogP contribution in [0.1, 0.15) is 24.3 Å². The summed E-state index contributed by atoms with van der Waals surface area (Å²) in [5, 5.41) is 11.6. The van der Waals surface area contributed by atoms with Crippen LogP contribution in [0, 0.1) is 5.92 Å². The SMILES string of the molecule is CC(C)COC(=O)C(CO)NC(=O)c1coc(-c2cocn2)n1. The molecule has 0 aliphatic rings. The first-order chi connectivity index (χ1) is 11.0. The Balaban J connectivity index is 1.98. The highest BCUT2D eigenvalue weighted by Gasteiger charge is 2.24. The van der Waals surface area contributed by atoms with Crippen molar-refractivity contribution in [2.45, 2.75) is 19.9 Å². The number of esters is 1. The van der Waals surface area contributed by atoms with Crippen LogP contribution in [0.4, 0.5) is 0 Å². The van der Waals surface area contributed by atoms with Crippen LogP contribution in [-0.2, 0) is 9.53 Å². The summed E-state index contributed by atoms with van der Waals surface area (Å²) in [6, 6.07) is -1.17. The highest BCUT2D eigenvalue weighted by Crippen LogP contribution is 2.15. The molecule has 0 saturated carbocycles. The first kappa shape index (κ1) is 16.7. The minimum absolute atomic E-state index is 0.0573. The summed E-state index contributed by atoms with van der Waals surface area (Å²) in [7, 11) is 0. The lowest BCUT2D eigenvalue weighted by molar-refractivity contribution is -0.148. The van der Waals surface area contributed by atoms with Gasteiger partial charge in [0.15, 0.2) is 23.8 Å². The molecule has 2 aromatic heterocycles. The third-order valence-corrected chi connectivity index (χ3v) is 2.72. The third-order valence-electron chi connectivity index (χ3n) is 2.72. The van der Waals surface area contributed by atoms with Gasteiger partial charge in [0.05, 0.1) is 13.2 Å². The van der Waals surface area contributed by atoms with Gasteiger partial charge >= 0.3 is 5.97 Å². The molecule has 124 valence electrons. The molecule has 0 fully saturated rings. The second kappa shape index (κ2) is 7.54. The zero-order chi connectivity index (χ0) is 16.8. The molecule has 1 amide bonds.